The molecule has 1 aliphatic heterocycles. The Labute approximate surface area is 92.4 Å². The summed E-state index contributed by atoms with van der Waals surface area (Å²) in [5.74, 6) is 0.0412. The van der Waals surface area contributed by atoms with E-state index in [9.17, 15) is 0 Å². The van der Waals surface area contributed by atoms with Crippen LogP contribution < -0.4 is 5.73 Å². The van der Waals surface area contributed by atoms with Gasteiger partial charge in [0.25, 0.3) is 0 Å². The van der Waals surface area contributed by atoms with Crippen LogP contribution in [0.15, 0.2) is 5.38 Å². The zero-order chi connectivity index (χ0) is 10.7. The summed E-state index contributed by atoms with van der Waals surface area (Å²) in [6, 6.07) is 0. The number of hydrogen-bond acceptors (Lipinski definition) is 5. The number of aromatic nitrogens is 1. The molecule has 6 heteroatoms. The average molecular weight is 226 g/mol. The minimum Gasteiger partial charge on any atom is -0.382 e. The number of rotatable bonds is 3. The molecule has 0 unspecified atom stereocenters. The van der Waals surface area contributed by atoms with Crippen LogP contribution >= 0.6 is 11.3 Å². The minimum absolute atomic E-state index is 0.0412. The maximum atomic E-state index is 7.26. The lowest BCUT2D eigenvalue weighted by Gasteiger charge is -2.25. The third-order valence-corrected chi connectivity index (χ3v) is 3.12. The van der Waals surface area contributed by atoms with Gasteiger partial charge in [-0.1, -0.05) is 0 Å². The van der Waals surface area contributed by atoms with E-state index in [0.717, 1.165) is 37.9 Å². The first-order valence-corrected chi connectivity index (χ1v) is 5.72. The molecule has 0 aliphatic carbocycles. The van der Waals surface area contributed by atoms with Crippen LogP contribution in [0.1, 0.15) is 10.7 Å². The van der Waals surface area contributed by atoms with Gasteiger partial charge in [-0.15, -0.1) is 11.3 Å². The van der Waals surface area contributed by atoms with Gasteiger partial charge in [-0.2, -0.15) is 0 Å². The van der Waals surface area contributed by atoms with Gasteiger partial charge < -0.3 is 10.5 Å². The zero-order valence-electron chi connectivity index (χ0n) is 8.40. The van der Waals surface area contributed by atoms with E-state index in [2.05, 4.69) is 9.88 Å². The summed E-state index contributed by atoms with van der Waals surface area (Å²) in [5, 5.41) is 10.1. The fourth-order valence-corrected chi connectivity index (χ4v) is 2.29. The third kappa shape index (κ3) is 2.74. The van der Waals surface area contributed by atoms with Crippen LogP contribution in [0.25, 0.3) is 0 Å². The maximum absolute atomic E-state index is 7.26. The Morgan fingerprint density at radius 2 is 2.33 bits per heavy atom. The smallest absolute Gasteiger partial charge is 0.142 e. The Bertz CT molecular complexity index is 346. The van der Waals surface area contributed by atoms with Crippen molar-refractivity contribution in [1.29, 1.82) is 5.41 Å². The molecule has 5 nitrogen and oxygen atoms in total. The van der Waals surface area contributed by atoms with Crippen molar-refractivity contribution in [2.75, 3.05) is 26.3 Å². The highest BCUT2D eigenvalue weighted by atomic mass is 32.1. The zero-order valence-corrected chi connectivity index (χ0v) is 9.22. The second-order valence-corrected chi connectivity index (χ2v) is 4.37. The van der Waals surface area contributed by atoms with Crippen molar-refractivity contribution in [2.24, 2.45) is 5.73 Å². The number of ether oxygens (including phenoxy) is 1. The average Bonchev–Trinajstić information content (AvgIpc) is 2.68. The number of nitrogen functional groups attached to an aromatic ring is 1. The van der Waals surface area contributed by atoms with Crippen LogP contribution in [-0.4, -0.2) is 42.0 Å². The van der Waals surface area contributed by atoms with Gasteiger partial charge in [-0.05, 0) is 0 Å². The molecule has 3 N–H and O–H groups in total. The summed E-state index contributed by atoms with van der Waals surface area (Å²) in [7, 11) is 0. The lowest BCUT2D eigenvalue weighted by atomic mass is 10.4. The summed E-state index contributed by atoms with van der Waals surface area (Å²) in [5.41, 5.74) is 5.94. The van der Waals surface area contributed by atoms with E-state index < -0.39 is 0 Å². The Balaban J connectivity index is 1.94. The molecule has 15 heavy (non-hydrogen) atoms. The molecule has 1 saturated heterocycles. The molecule has 0 amide bonds. The number of morpholine rings is 1. The Morgan fingerprint density at radius 3 is 2.93 bits per heavy atom. The topological polar surface area (TPSA) is 75.2 Å². The van der Waals surface area contributed by atoms with Gasteiger partial charge >= 0.3 is 0 Å². The van der Waals surface area contributed by atoms with Crippen molar-refractivity contribution < 1.29 is 4.74 Å². The molecule has 2 heterocycles. The largest absolute Gasteiger partial charge is 0.382 e. The van der Waals surface area contributed by atoms with Crippen molar-refractivity contribution in [2.45, 2.75) is 6.54 Å². The van der Waals surface area contributed by atoms with Crippen molar-refractivity contribution in [3.05, 3.63) is 16.1 Å². The van der Waals surface area contributed by atoms with Gasteiger partial charge in [0, 0.05) is 18.5 Å². The predicted molar refractivity (Wildman–Crippen MR) is 59.2 cm³/mol. The summed E-state index contributed by atoms with van der Waals surface area (Å²) >= 11 is 1.56. The van der Waals surface area contributed by atoms with Gasteiger partial charge in [0.1, 0.15) is 16.5 Å². The first kappa shape index (κ1) is 10.5. The summed E-state index contributed by atoms with van der Waals surface area (Å²) in [6.07, 6.45) is 0. The fraction of sp³-hybridized carbons (Fsp3) is 0.556. The SMILES string of the molecule is N=C(N)c1csc(CN2CCOCC2)n1. The number of hydrogen-bond donors (Lipinski definition) is 2. The molecule has 1 fully saturated rings. The van der Waals surface area contributed by atoms with Crippen LogP contribution in [0.5, 0.6) is 0 Å². The van der Waals surface area contributed by atoms with E-state index in [1.54, 1.807) is 11.3 Å². The Kier molecular flexibility index (Phi) is 3.30. The molecule has 0 bridgehead atoms. The normalized spacial score (nSPS) is 17.9. The van der Waals surface area contributed by atoms with Crippen molar-refractivity contribution in [3.8, 4) is 0 Å². The van der Waals surface area contributed by atoms with Gasteiger partial charge in [0.05, 0.1) is 19.8 Å². The van der Waals surface area contributed by atoms with Crippen LogP contribution in [0, 0.1) is 5.41 Å². The summed E-state index contributed by atoms with van der Waals surface area (Å²) < 4.78 is 5.27. The van der Waals surface area contributed by atoms with Gasteiger partial charge in [-0.3, -0.25) is 10.3 Å². The fourth-order valence-electron chi connectivity index (χ4n) is 1.46. The molecule has 0 saturated carbocycles. The lowest BCUT2D eigenvalue weighted by Crippen LogP contribution is -2.35. The molecule has 0 spiro atoms. The molecule has 0 radical (unpaired) electrons. The molecule has 1 aliphatic rings. The highest BCUT2D eigenvalue weighted by molar-refractivity contribution is 7.09. The van der Waals surface area contributed by atoms with Crippen molar-refractivity contribution in [1.82, 2.24) is 9.88 Å². The van der Waals surface area contributed by atoms with Crippen LogP contribution in [-0.2, 0) is 11.3 Å². The number of nitrogens with two attached hydrogens (primary N) is 1. The quantitative estimate of drug-likeness (QED) is 0.572. The second kappa shape index (κ2) is 4.69. The lowest BCUT2D eigenvalue weighted by molar-refractivity contribution is 0.0341. The monoisotopic (exact) mass is 226 g/mol. The van der Waals surface area contributed by atoms with Crippen LogP contribution in [0.2, 0.25) is 0 Å². The Morgan fingerprint density at radius 1 is 1.60 bits per heavy atom. The molecule has 1 aromatic rings. The molecule has 2 rings (SSSR count). The van der Waals surface area contributed by atoms with Crippen LogP contribution in [0.4, 0.5) is 0 Å². The Hall–Kier alpha value is -0.980. The first-order valence-electron chi connectivity index (χ1n) is 4.84. The van der Waals surface area contributed by atoms with E-state index in [4.69, 9.17) is 15.9 Å². The number of thiazole rings is 1. The van der Waals surface area contributed by atoms with Crippen molar-refractivity contribution in [3.63, 3.8) is 0 Å². The molecule has 1 aromatic heterocycles. The van der Waals surface area contributed by atoms with Gasteiger partial charge in [0.15, 0.2) is 0 Å². The number of nitrogens with one attached hydrogen (secondary N) is 1. The molecular weight excluding hydrogens is 212 g/mol. The summed E-state index contributed by atoms with van der Waals surface area (Å²) in [6.45, 7) is 4.33. The molecular formula is C9H14N4OS. The van der Waals surface area contributed by atoms with E-state index in [1.807, 2.05) is 5.38 Å². The van der Waals surface area contributed by atoms with E-state index in [0.29, 0.717) is 5.69 Å². The maximum Gasteiger partial charge on any atom is 0.142 e. The third-order valence-electron chi connectivity index (χ3n) is 2.29. The van der Waals surface area contributed by atoms with Gasteiger partial charge in [-0.25, -0.2) is 4.98 Å². The molecule has 0 atom stereocenters. The van der Waals surface area contributed by atoms with Crippen molar-refractivity contribution >= 4 is 17.2 Å². The second-order valence-electron chi connectivity index (χ2n) is 3.43. The minimum atomic E-state index is 0.0412. The highest BCUT2D eigenvalue weighted by Gasteiger charge is 2.13. The predicted octanol–water partition coefficient (Wildman–Crippen LogP) is 0.259. The summed E-state index contributed by atoms with van der Waals surface area (Å²) in [4.78, 5) is 6.59. The molecule has 0 aromatic carbocycles. The first-order chi connectivity index (χ1) is 7.25. The van der Waals surface area contributed by atoms with E-state index in [-0.39, 0.29) is 5.84 Å². The van der Waals surface area contributed by atoms with E-state index >= 15 is 0 Å². The van der Waals surface area contributed by atoms with Gasteiger partial charge in [0.2, 0.25) is 0 Å². The molecule has 82 valence electrons. The van der Waals surface area contributed by atoms with Crippen LogP contribution in [0.3, 0.4) is 0 Å². The number of amidine groups is 1. The van der Waals surface area contributed by atoms with E-state index in [1.165, 1.54) is 0 Å². The highest BCUT2D eigenvalue weighted by Crippen LogP contribution is 2.12. The standard InChI is InChI=1S/C9H14N4OS/c10-9(11)7-6-15-8(12-7)5-13-1-3-14-4-2-13/h6H,1-5H2,(H3,10,11). The number of nitrogens with zero attached hydrogens (tertiary/aromatic N) is 2.